The van der Waals surface area contributed by atoms with E-state index in [9.17, 15) is 0 Å². The first-order chi connectivity index (χ1) is 7.29. The van der Waals surface area contributed by atoms with Crippen molar-refractivity contribution < 1.29 is 0 Å². The maximum absolute atomic E-state index is 3.98. The molecule has 3 heteroatoms. The first-order valence-electron chi connectivity index (χ1n) is 5.59. The summed E-state index contributed by atoms with van der Waals surface area (Å²) in [4.78, 5) is 3.98. The Morgan fingerprint density at radius 2 is 1.80 bits per heavy atom. The second kappa shape index (κ2) is 7.37. The number of hydrogen-bond donors (Lipinski definition) is 2. The molecule has 0 fully saturated rings. The molecule has 0 bridgehead atoms. The standard InChI is InChI=1S/C12H21N3/c1-11(2)9-14-7-8-15-10-12-3-5-13-6-4-12/h3-6,11,14-15H,7-10H2,1-2H3. The lowest BCUT2D eigenvalue weighted by atomic mass is 10.2. The summed E-state index contributed by atoms with van der Waals surface area (Å²) in [5, 5.41) is 6.78. The van der Waals surface area contributed by atoms with Crippen molar-refractivity contribution in [2.75, 3.05) is 19.6 Å². The fourth-order valence-corrected chi connectivity index (χ4v) is 1.30. The first-order valence-corrected chi connectivity index (χ1v) is 5.59. The molecule has 0 aromatic carbocycles. The van der Waals surface area contributed by atoms with Crippen LogP contribution in [0.2, 0.25) is 0 Å². The van der Waals surface area contributed by atoms with E-state index < -0.39 is 0 Å². The minimum atomic E-state index is 0.727. The second-order valence-electron chi connectivity index (χ2n) is 4.13. The molecule has 1 aromatic rings. The summed E-state index contributed by atoms with van der Waals surface area (Å²) < 4.78 is 0. The van der Waals surface area contributed by atoms with E-state index in [1.54, 1.807) is 0 Å². The summed E-state index contributed by atoms with van der Waals surface area (Å²) in [6, 6.07) is 4.07. The molecule has 15 heavy (non-hydrogen) atoms. The van der Waals surface area contributed by atoms with Gasteiger partial charge in [0.15, 0.2) is 0 Å². The summed E-state index contributed by atoms with van der Waals surface area (Å²) in [5.41, 5.74) is 1.29. The average molecular weight is 207 g/mol. The van der Waals surface area contributed by atoms with Crippen molar-refractivity contribution in [1.82, 2.24) is 15.6 Å². The van der Waals surface area contributed by atoms with Gasteiger partial charge in [-0.2, -0.15) is 0 Å². The number of pyridine rings is 1. The SMILES string of the molecule is CC(C)CNCCNCc1ccncc1. The van der Waals surface area contributed by atoms with E-state index in [1.165, 1.54) is 5.56 Å². The van der Waals surface area contributed by atoms with Crippen LogP contribution in [-0.2, 0) is 6.54 Å². The lowest BCUT2D eigenvalue weighted by Gasteiger charge is -2.08. The van der Waals surface area contributed by atoms with Crippen molar-refractivity contribution in [2.24, 2.45) is 5.92 Å². The van der Waals surface area contributed by atoms with E-state index in [0.29, 0.717) is 0 Å². The normalized spacial score (nSPS) is 10.9. The second-order valence-corrected chi connectivity index (χ2v) is 4.13. The number of nitrogens with one attached hydrogen (secondary N) is 2. The van der Waals surface area contributed by atoms with Gasteiger partial charge in [0.05, 0.1) is 0 Å². The number of rotatable bonds is 7. The molecule has 0 spiro atoms. The van der Waals surface area contributed by atoms with Crippen LogP contribution in [0, 0.1) is 5.92 Å². The van der Waals surface area contributed by atoms with Gasteiger partial charge in [-0.3, -0.25) is 4.98 Å². The molecule has 2 N–H and O–H groups in total. The zero-order valence-corrected chi connectivity index (χ0v) is 9.66. The van der Waals surface area contributed by atoms with Gasteiger partial charge < -0.3 is 10.6 Å². The van der Waals surface area contributed by atoms with Gasteiger partial charge in [0.2, 0.25) is 0 Å². The van der Waals surface area contributed by atoms with Crippen molar-refractivity contribution in [3.05, 3.63) is 30.1 Å². The molecule has 0 unspecified atom stereocenters. The van der Waals surface area contributed by atoms with Gasteiger partial charge in [-0.25, -0.2) is 0 Å². The summed E-state index contributed by atoms with van der Waals surface area (Å²) in [7, 11) is 0. The maximum Gasteiger partial charge on any atom is 0.0271 e. The van der Waals surface area contributed by atoms with E-state index in [1.807, 2.05) is 24.5 Å². The van der Waals surface area contributed by atoms with Crippen LogP contribution in [0.5, 0.6) is 0 Å². The number of aromatic nitrogens is 1. The Balaban J connectivity index is 1.98. The third-order valence-corrected chi connectivity index (χ3v) is 2.11. The quantitative estimate of drug-likeness (QED) is 0.664. The van der Waals surface area contributed by atoms with Crippen LogP contribution < -0.4 is 10.6 Å². The van der Waals surface area contributed by atoms with Crippen molar-refractivity contribution in [2.45, 2.75) is 20.4 Å². The lowest BCUT2D eigenvalue weighted by molar-refractivity contribution is 0.535. The Morgan fingerprint density at radius 1 is 1.13 bits per heavy atom. The molecule has 3 nitrogen and oxygen atoms in total. The van der Waals surface area contributed by atoms with Crippen LogP contribution in [0.25, 0.3) is 0 Å². The van der Waals surface area contributed by atoms with Gasteiger partial charge in [-0.1, -0.05) is 13.8 Å². The van der Waals surface area contributed by atoms with Gasteiger partial charge in [-0.15, -0.1) is 0 Å². The molecule has 0 saturated carbocycles. The molecule has 0 atom stereocenters. The highest BCUT2D eigenvalue weighted by molar-refractivity contribution is 5.08. The molecule has 84 valence electrons. The Hall–Kier alpha value is -0.930. The molecule has 0 aliphatic carbocycles. The fourth-order valence-electron chi connectivity index (χ4n) is 1.30. The highest BCUT2D eigenvalue weighted by Crippen LogP contribution is 1.93. The minimum absolute atomic E-state index is 0.727. The molecule has 1 rings (SSSR count). The predicted molar refractivity (Wildman–Crippen MR) is 63.7 cm³/mol. The molecular formula is C12H21N3. The van der Waals surface area contributed by atoms with Crippen LogP contribution in [0.1, 0.15) is 19.4 Å². The van der Waals surface area contributed by atoms with Crippen molar-refractivity contribution in [3.8, 4) is 0 Å². The lowest BCUT2D eigenvalue weighted by Crippen LogP contribution is -2.29. The Bertz CT molecular complexity index is 246. The zero-order valence-electron chi connectivity index (χ0n) is 9.66. The van der Waals surface area contributed by atoms with E-state index in [2.05, 4.69) is 29.5 Å². The molecule has 0 saturated heterocycles. The van der Waals surface area contributed by atoms with E-state index in [-0.39, 0.29) is 0 Å². The van der Waals surface area contributed by atoms with Gasteiger partial charge in [0.25, 0.3) is 0 Å². The molecule has 1 aromatic heterocycles. The zero-order chi connectivity index (χ0) is 10.9. The number of hydrogen-bond acceptors (Lipinski definition) is 3. The molecule has 0 aliphatic heterocycles. The highest BCUT2D eigenvalue weighted by Gasteiger charge is 1.93. The van der Waals surface area contributed by atoms with Gasteiger partial charge >= 0.3 is 0 Å². The van der Waals surface area contributed by atoms with Crippen molar-refractivity contribution in [1.29, 1.82) is 0 Å². The predicted octanol–water partition coefficient (Wildman–Crippen LogP) is 1.42. The summed E-state index contributed by atoms with van der Waals surface area (Å²) in [6.45, 7) is 8.50. The summed E-state index contributed by atoms with van der Waals surface area (Å²) >= 11 is 0. The topological polar surface area (TPSA) is 37.0 Å². The van der Waals surface area contributed by atoms with Crippen LogP contribution in [0.15, 0.2) is 24.5 Å². The van der Waals surface area contributed by atoms with Crippen LogP contribution in [0.4, 0.5) is 0 Å². The van der Waals surface area contributed by atoms with Crippen LogP contribution in [-0.4, -0.2) is 24.6 Å². The van der Waals surface area contributed by atoms with Gasteiger partial charge in [0, 0.05) is 32.0 Å². The minimum Gasteiger partial charge on any atom is -0.315 e. The molecular weight excluding hydrogens is 186 g/mol. The van der Waals surface area contributed by atoms with Gasteiger partial charge in [-0.05, 0) is 30.2 Å². The number of nitrogens with zero attached hydrogens (tertiary/aromatic N) is 1. The first kappa shape index (κ1) is 12.1. The average Bonchev–Trinajstić information content (AvgIpc) is 2.24. The van der Waals surface area contributed by atoms with E-state index in [4.69, 9.17) is 0 Å². The third-order valence-electron chi connectivity index (χ3n) is 2.11. The van der Waals surface area contributed by atoms with Gasteiger partial charge in [0.1, 0.15) is 0 Å². The summed E-state index contributed by atoms with van der Waals surface area (Å²) in [6.07, 6.45) is 3.65. The van der Waals surface area contributed by atoms with E-state index in [0.717, 1.165) is 32.1 Å². The van der Waals surface area contributed by atoms with Crippen molar-refractivity contribution in [3.63, 3.8) is 0 Å². The van der Waals surface area contributed by atoms with Crippen LogP contribution in [0.3, 0.4) is 0 Å². The molecule has 0 aliphatic rings. The maximum atomic E-state index is 3.98. The fraction of sp³-hybridized carbons (Fsp3) is 0.583. The van der Waals surface area contributed by atoms with Crippen molar-refractivity contribution >= 4 is 0 Å². The monoisotopic (exact) mass is 207 g/mol. The molecule has 0 amide bonds. The molecule has 0 radical (unpaired) electrons. The molecule has 1 heterocycles. The Kier molecular flexibility index (Phi) is 5.97. The summed E-state index contributed by atoms with van der Waals surface area (Å²) in [5.74, 6) is 0.727. The Morgan fingerprint density at radius 3 is 2.47 bits per heavy atom. The Labute approximate surface area is 92.3 Å². The third kappa shape index (κ3) is 6.20. The highest BCUT2D eigenvalue weighted by atomic mass is 14.9. The van der Waals surface area contributed by atoms with Crippen LogP contribution >= 0.6 is 0 Å². The smallest absolute Gasteiger partial charge is 0.0271 e. The largest absolute Gasteiger partial charge is 0.315 e. The van der Waals surface area contributed by atoms with E-state index >= 15 is 0 Å².